The molecule has 0 radical (unpaired) electrons. The van der Waals surface area contributed by atoms with Crippen LogP contribution < -0.4 is 4.90 Å². The lowest BCUT2D eigenvalue weighted by Gasteiger charge is -2.39. The van der Waals surface area contributed by atoms with Gasteiger partial charge in [0.05, 0.1) is 5.69 Å². The van der Waals surface area contributed by atoms with E-state index < -0.39 is 0 Å². The molecule has 3 heterocycles. The quantitative estimate of drug-likeness (QED) is 0.717. The highest BCUT2D eigenvalue weighted by atomic mass is 32.1. The fourth-order valence-electron chi connectivity index (χ4n) is 3.09. The van der Waals surface area contributed by atoms with E-state index in [0.29, 0.717) is 5.92 Å². The molecule has 118 valence electrons. The number of nitrogens with zero attached hydrogens (tertiary/aromatic N) is 4. The number of benzene rings is 1. The van der Waals surface area contributed by atoms with Crippen molar-refractivity contribution in [2.24, 2.45) is 5.92 Å². The van der Waals surface area contributed by atoms with Crippen LogP contribution in [0.5, 0.6) is 0 Å². The Labute approximate surface area is 140 Å². The normalized spacial score (nSPS) is 14.9. The summed E-state index contributed by atoms with van der Waals surface area (Å²) in [6, 6.07) is 10.4. The maximum atomic E-state index is 4.79. The van der Waals surface area contributed by atoms with E-state index in [2.05, 4.69) is 57.2 Å². The first kappa shape index (κ1) is 14.5. The second-order valence-corrected chi connectivity index (χ2v) is 6.84. The second-order valence-electron chi connectivity index (χ2n) is 6.00. The summed E-state index contributed by atoms with van der Waals surface area (Å²) in [7, 11) is 0. The smallest absolute Gasteiger partial charge is 0.185 e. The maximum absolute atomic E-state index is 4.79. The van der Waals surface area contributed by atoms with E-state index in [1.807, 2.05) is 12.3 Å². The molecule has 3 aromatic rings. The Hall–Kier alpha value is -2.14. The van der Waals surface area contributed by atoms with Crippen molar-refractivity contribution in [3.05, 3.63) is 53.9 Å². The first-order chi connectivity index (χ1) is 11.3. The van der Waals surface area contributed by atoms with Crippen molar-refractivity contribution in [2.45, 2.75) is 19.9 Å². The predicted molar refractivity (Wildman–Crippen MR) is 94.9 cm³/mol. The molecule has 0 atom stereocenters. The SMILES string of the molecule is CCc1nccn1CC1CN(c2nc(-c3ccccc3)cs2)C1. The first-order valence-electron chi connectivity index (χ1n) is 8.09. The number of aromatic nitrogens is 3. The van der Waals surface area contributed by atoms with Gasteiger partial charge in [-0.15, -0.1) is 11.3 Å². The molecule has 1 aliphatic heterocycles. The summed E-state index contributed by atoms with van der Waals surface area (Å²) < 4.78 is 2.29. The van der Waals surface area contributed by atoms with Gasteiger partial charge in [0.25, 0.3) is 0 Å². The van der Waals surface area contributed by atoms with E-state index in [1.54, 1.807) is 11.3 Å². The van der Waals surface area contributed by atoms with Crippen molar-refractivity contribution in [1.82, 2.24) is 14.5 Å². The Morgan fingerprint density at radius 3 is 2.83 bits per heavy atom. The molecular weight excluding hydrogens is 304 g/mol. The summed E-state index contributed by atoms with van der Waals surface area (Å²) in [6.45, 7) is 5.40. The molecule has 0 saturated carbocycles. The third-order valence-electron chi connectivity index (χ3n) is 4.36. The third-order valence-corrected chi connectivity index (χ3v) is 5.26. The van der Waals surface area contributed by atoms with Gasteiger partial charge in [0.1, 0.15) is 5.82 Å². The van der Waals surface area contributed by atoms with E-state index in [4.69, 9.17) is 4.98 Å². The number of rotatable bonds is 5. The zero-order valence-corrected chi connectivity index (χ0v) is 14.0. The monoisotopic (exact) mass is 324 g/mol. The van der Waals surface area contributed by atoms with Gasteiger partial charge in [-0.25, -0.2) is 9.97 Å². The molecule has 23 heavy (non-hydrogen) atoms. The Bertz CT molecular complexity index is 771. The van der Waals surface area contributed by atoms with Gasteiger partial charge in [-0.3, -0.25) is 0 Å². The van der Waals surface area contributed by atoms with Crippen LogP contribution >= 0.6 is 11.3 Å². The summed E-state index contributed by atoms with van der Waals surface area (Å²) in [5.74, 6) is 1.88. The average Bonchev–Trinajstić information content (AvgIpc) is 3.20. The molecule has 0 aliphatic carbocycles. The van der Waals surface area contributed by atoms with E-state index in [1.165, 1.54) is 11.4 Å². The van der Waals surface area contributed by atoms with Crippen molar-refractivity contribution in [3.63, 3.8) is 0 Å². The molecule has 4 nitrogen and oxygen atoms in total. The molecule has 0 unspecified atom stereocenters. The maximum Gasteiger partial charge on any atom is 0.185 e. The van der Waals surface area contributed by atoms with E-state index in [0.717, 1.165) is 36.9 Å². The third kappa shape index (κ3) is 2.88. The Kier molecular flexibility index (Phi) is 3.87. The van der Waals surface area contributed by atoms with Crippen LogP contribution in [0.15, 0.2) is 48.1 Å². The van der Waals surface area contributed by atoms with Gasteiger partial charge in [0.2, 0.25) is 0 Å². The van der Waals surface area contributed by atoms with Gasteiger partial charge in [0.15, 0.2) is 5.13 Å². The van der Waals surface area contributed by atoms with Gasteiger partial charge < -0.3 is 9.47 Å². The molecule has 0 amide bonds. The minimum Gasteiger partial charge on any atom is -0.347 e. The van der Waals surface area contributed by atoms with E-state index in [9.17, 15) is 0 Å². The second kappa shape index (κ2) is 6.16. The molecule has 1 fully saturated rings. The minimum atomic E-state index is 0.693. The van der Waals surface area contributed by atoms with Gasteiger partial charge >= 0.3 is 0 Å². The molecule has 1 saturated heterocycles. The van der Waals surface area contributed by atoms with Crippen molar-refractivity contribution in [2.75, 3.05) is 18.0 Å². The predicted octanol–water partition coefficient (Wildman–Crippen LogP) is 3.71. The highest BCUT2D eigenvalue weighted by Crippen LogP contribution is 2.32. The van der Waals surface area contributed by atoms with Crippen molar-refractivity contribution in [3.8, 4) is 11.3 Å². The highest BCUT2D eigenvalue weighted by Gasteiger charge is 2.29. The van der Waals surface area contributed by atoms with Crippen LogP contribution in [0.3, 0.4) is 0 Å². The molecule has 0 N–H and O–H groups in total. The average molecular weight is 324 g/mol. The molecular formula is C18H20N4S. The van der Waals surface area contributed by atoms with Gasteiger partial charge in [-0.1, -0.05) is 37.3 Å². The molecule has 5 heteroatoms. The number of hydrogen-bond donors (Lipinski definition) is 0. The van der Waals surface area contributed by atoms with Crippen LogP contribution in [0.4, 0.5) is 5.13 Å². The first-order valence-corrected chi connectivity index (χ1v) is 8.97. The van der Waals surface area contributed by atoms with Gasteiger partial charge in [0, 0.05) is 55.3 Å². The summed E-state index contributed by atoms with van der Waals surface area (Å²) in [4.78, 5) is 11.6. The number of aryl methyl sites for hydroxylation is 1. The minimum absolute atomic E-state index is 0.693. The zero-order chi connectivity index (χ0) is 15.6. The number of thiazole rings is 1. The lowest BCUT2D eigenvalue weighted by atomic mass is 10.0. The Morgan fingerprint density at radius 2 is 2.04 bits per heavy atom. The molecule has 2 aromatic heterocycles. The standard InChI is InChI=1S/C18H20N4S/c1-2-17-19-8-9-21(17)10-14-11-22(12-14)18-20-16(13-23-18)15-6-4-3-5-7-15/h3-9,13-14H,2,10-12H2,1H3. The number of imidazole rings is 1. The summed E-state index contributed by atoms with van der Waals surface area (Å²) in [6.07, 6.45) is 5.00. The Morgan fingerprint density at radius 1 is 1.22 bits per heavy atom. The van der Waals surface area contributed by atoms with Crippen LogP contribution in [0.2, 0.25) is 0 Å². The lowest BCUT2D eigenvalue weighted by Crippen LogP contribution is -2.48. The highest BCUT2D eigenvalue weighted by molar-refractivity contribution is 7.14. The van der Waals surface area contributed by atoms with Crippen LogP contribution in [-0.4, -0.2) is 27.6 Å². The van der Waals surface area contributed by atoms with Gasteiger partial charge in [-0.05, 0) is 0 Å². The summed E-state index contributed by atoms with van der Waals surface area (Å²) in [5, 5.41) is 3.30. The molecule has 4 rings (SSSR count). The fourth-order valence-corrected chi connectivity index (χ4v) is 3.95. The zero-order valence-electron chi connectivity index (χ0n) is 13.2. The van der Waals surface area contributed by atoms with Crippen LogP contribution in [-0.2, 0) is 13.0 Å². The van der Waals surface area contributed by atoms with Gasteiger partial charge in [-0.2, -0.15) is 0 Å². The fraction of sp³-hybridized carbons (Fsp3) is 0.333. The van der Waals surface area contributed by atoms with Crippen LogP contribution in [0.25, 0.3) is 11.3 Å². The lowest BCUT2D eigenvalue weighted by molar-refractivity contribution is 0.353. The van der Waals surface area contributed by atoms with Crippen molar-refractivity contribution >= 4 is 16.5 Å². The van der Waals surface area contributed by atoms with Crippen molar-refractivity contribution < 1.29 is 0 Å². The molecule has 0 bridgehead atoms. The van der Waals surface area contributed by atoms with Crippen LogP contribution in [0, 0.1) is 5.92 Å². The molecule has 1 aromatic carbocycles. The largest absolute Gasteiger partial charge is 0.347 e. The summed E-state index contributed by atoms with van der Waals surface area (Å²) in [5.41, 5.74) is 2.27. The van der Waals surface area contributed by atoms with Crippen molar-refractivity contribution in [1.29, 1.82) is 0 Å². The summed E-state index contributed by atoms with van der Waals surface area (Å²) >= 11 is 1.74. The topological polar surface area (TPSA) is 34.0 Å². The molecule has 0 spiro atoms. The van der Waals surface area contributed by atoms with Crippen LogP contribution in [0.1, 0.15) is 12.7 Å². The Balaban J connectivity index is 1.38. The number of hydrogen-bond acceptors (Lipinski definition) is 4. The van der Waals surface area contributed by atoms with E-state index >= 15 is 0 Å². The molecule has 1 aliphatic rings. The van der Waals surface area contributed by atoms with E-state index in [-0.39, 0.29) is 0 Å². The number of anilines is 1.